The Morgan fingerprint density at radius 3 is 2.60 bits per heavy atom. The van der Waals surface area contributed by atoms with Crippen molar-refractivity contribution in [1.29, 1.82) is 0 Å². The summed E-state index contributed by atoms with van der Waals surface area (Å²) in [6.45, 7) is 0.596. The van der Waals surface area contributed by atoms with E-state index >= 15 is 0 Å². The van der Waals surface area contributed by atoms with Crippen molar-refractivity contribution in [3.8, 4) is 0 Å². The molecule has 0 heterocycles. The lowest BCUT2D eigenvalue weighted by molar-refractivity contribution is 0.479. The molecular formula is C11H16F2N2. The fourth-order valence-corrected chi connectivity index (χ4v) is 1.47. The van der Waals surface area contributed by atoms with Crippen LogP contribution in [0.1, 0.15) is 30.9 Å². The fraction of sp³-hybridized carbons (Fsp3) is 0.455. The Hall–Kier alpha value is -1.00. The van der Waals surface area contributed by atoms with Gasteiger partial charge in [0, 0.05) is 11.6 Å². The van der Waals surface area contributed by atoms with Gasteiger partial charge in [0.1, 0.15) is 0 Å². The molecule has 0 aliphatic carbocycles. The van der Waals surface area contributed by atoms with E-state index in [2.05, 4.69) is 0 Å². The van der Waals surface area contributed by atoms with Gasteiger partial charge in [-0.3, -0.25) is 0 Å². The summed E-state index contributed by atoms with van der Waals surface area (Å²) < 4.78 is 26.2. The van der Waals surface area contributed by atoms with Crippen LogP contribution in [-0.4, -0.2) is 6.54 Å². The van der Waals surface area contributed by atoms with Crippen LogP contribution in [0.25, 0.3) is 0 Å². The van der Waals surface area contributed by atoms with Gasteiger partial charge in [0.2, 0.25) is 0 Å². The van der Waals surface area contributed by atoms with Gasteiger partial charge in [-0.1, -0.05) is 18.6 Å². The van der Waals surface area contributed by atoms with Gasteiger partial charge < -0.3 is 11.5 Å². The van der Waals surface area contributed by atoms with Gasteiger partial charge in [-0.2, -0.15) is 0 Å². The Kier molecular flexibility index (Phi) is 4.65. The fourth-order valence-electron chi connectivity index (χ4n) is 1.47. The highest BCUT2D eigenvalue weighted by molar-refractivity contribution is 5.22. The van der Waals surface area contributed by atoms with Crippen molar-refractivity contribution in [2.75, 3.05) is 6.54 Å². The number of hydrogen-bond donors (Lipinski definition) is 2. The molecular weight excluding hydrogens is 198 g/mol. The molecule has 1 rings (SSSR count). The van der Waals surface area contributed by atoms with Gasteiger partial charge >= 0.3 is 0 Å². The van der Waals surface area contributed by atoms with Crippen molar-refractivity contribution in [2.45, 2.75) is 25.3 Å². The summed E-state index contributed by atoms with van der Waals surface area (Å²) in [5, 5.41) is 0. The molecule has 15 heavy (non-hydrogen) atoms. The molecule has 0 saturated carbocycles. The first-order valence-electron chi connectivity index (χ1n) is 5.06. The summed E-state index contributed by atoms with van der Waals surface area (Å²) in [5.74, 6) is -1.68. The second-order valence-corrected chi connectivity index (χ2v) is 3.53. The van der Waals surface area contributed by atoms with Crippen LogP contribution in [0.2, 0.25) is 0 Å². The van der Waals surface area contributed by atoms with E-state index in [4.69, 9.17) is 11.5 Å². The highest BCUT2D eigenvalue weighted by atomic mass is 19.2. The minimum absolute atomic E-state index is 0.243. The van der Waals surface area contributed by atoms with Crippen molar-refractivity contribution in [3.63, 3.8) is 0 Å². The first-order valence-corrected chi connectivity index (χ1v) is 5.06. The third-order valence-electron chi connectivity index (χ3n) is 2.35. The van der Waals surface area contributed by atoms with Crippen molar-refractivity contribution >= 4 is 0 Å². The van der Waals surface area contributed by atoms with Crippen LogP contribution in [-0.2, 0) is 0 Å². The maximum absolute atomic E-state index is 13.3. The lowest BCUT2D eigenvalue weighted by Gasteiger charge is -2.12. The average Bonchev–Trinajstić information content (AvgIpc) is 2.22. The predicted molar refractivity (Wildman–Crippen MR) is 56.2 cm³/mol. The molecule has 84 valence electrons. The summed E-state index contributed by atoms with van der Waals surface area (Å²) in [5.41, 5.74) is 11.3. The number of benzene rings is 1. The van der Waals surface area contributed by atoms with Gasteiger partial charge in [-0.15, -0.1) is 0 Å². The van der Waals surface area contributed by atoms with Gasteiger partial charge in [0.05, 0.1) is 0 Å². The molecule has 1 atom stereocenters. The maximum atomic E-state index is 13.3. The summed E-state index contributed by atoms with van der Waals surface area (Å²) in [6, 6.07) is 3.63. The van der Waals surface area contributed by atoms with Crippen molar-refractivity contribution in [3.05, 3.63) is 35.4 Å². The standard InChI is InChI=1S/C11H16F2N2/c12-9-5-3-4-8(11(9)13)10(15)6-1-2-7-14/h3-5,10H,1-2,6-7,14-15H2/t10-/m1/s1. The molecule has 2 nitrogen and oxygen atoms in total. The zero-order valence-electron chi connectivity index (χ0n) is 8.55. The quantitative estimate of drug-likeness (QED) is 0.737. The summed E-state index contributed by atoms with van der Waals surface area (Å²) in [6.07, 6.45) is 2.30. The van der Waals surface area contributed by atoms with Crippen molar-refractivity contribution < 1.29 is 8.78 Å². The molecule has 0 amide bonds. The zero-order valence-corrected chi connectivity index (χ0v) is 8.55. The monoisotopic (exact) mass is 214 g/mol. The molecule has 0 radical (unpaired) electrons. The number of halogens is 2. The molecule has 1 aromatic carbocycles. The molecule has 0 spiro atoms. The first kappa shape index (κ1) is 12.1. The molecule has 0 aromatic heterocycles. The second-order valence-electron chi connectivity index (χ2n) is 3.53. The number of unbranched alkanes of at least 4 members (excludes halogenated alkanes) is 1. The Bertz CT molecular complexity index is 315. The lowest BCUT2D eigenvalue weighted by atomic mass is 10.0. The molecule has 0 fully saturated rings. The largest absolute Gasteiger partial charge is 0.330 e. The van der Waals surface area contributed by atoms with Crippen molar-refractivity contribution in [1.82, 2.24) is 0 Å². The van der Waals surface area contributed by atoms with Gasteiger partial charge in [-0.25, -0.2) is 8.78 Å². The van der Waals surface area contributed by atoms with Crippen LogP contribution in [0.3, 0.4) is 0 Å². The molecule has 4 heteroatoms. The highest BCUT2D eigenvalue weighted by Crippen LogP contribution is 2.21. The van der Waals surface area contributed by atoms with Gasteiger partial charge in [0.25, 0.3) is 0 Å². The van der Waals surface area contributed by atoms with E-state index in [1.165, 1.54) is 12.1 Å². The SMILES string of the molecule is NCCCC[C@@H](N)c1cccc(F)c1F. The van der Waals surface area contributed by atoms with Crippen LogP contribution in [0.4, 0.5) is 8.78 Å². The van der Waals surface area contributed by atoms with Crippen molar-refractivity contribution in [2.24, 2.45) is 11.5 Å². The summed E-state index contributed by atoms with van der Waals surface area (Å²) in [4.78, 5) is 0. The van der Waals surface area contributed by atoms with E-state index in [-0.39, 0.29) is 5.56 Å². The predicted octanol–water partition coefficient (Wildman–Crippen LogP) is 2.09. The van der Waals surface area contributed by atoms with Crippen LogP contribution in [0.15, 0.2) is 18.2 Å². The molecule has 4 N–H and O–H groups in total. The summed E-state index contributed by atoms with van der Waals surface area (Å²) in [7, 11) is 0. The van der Waals surface area contributed by atoms with Gasteiger partial charge in [-0.05, 0) is 25.5 Å². The molecule has 0 aliphatic rings. The third kappa shape index (κ3) is 3.25. The molecule has 0 bridgehead atoms. The van der Waals surface area contributed by atoms with Crippen LogP contribution in [0.5, 0.6) is 0 Å². The third-order valence-corrected chi connectivity index (χ3v) is 2.35. The van der Waals surface area contributed by atoms with Crippen LogP contribution >= 0.6 is 0 Å². The van der Waals surface area contributed by atoms with E-state index in [9.17, 15) is 8.78 Å². The Labute approximate surface area is 88.3 Å². The van der Waals surface area contributed by atoms with E-state index in [0.29, 0.717) is 13.0 Å². The Balaban J connectivity index is 2.65. The number of rotatable bonds is 5. The minimum atomic E-state index is -0.846. The topological polar surface area (TPSA) is 52.0 Å². The maximum Gasteiger partial charge on any atom is 0.163 e. The van der Waals surface area contributed by atoms with Crippen LogP contribution < -0.4 is 11.5 Å². The number of nitrogens with two attached hydrogens (primary N) is 2. The first-order chi connectivity index (χ1) is 7.16. The van der Waals surface area contributed by atoms with E-state index in [0.717, 1.165) is 18.9 Å². The second kappa shape index (κ2) is 5.78. The zero-order chi connectivity index (χ0) is 11.3. The molecule has 0 unspecified atom stereocenters. The number of hydrogen-bond acceptors (Lipinski definition) is 2. The Morgan fingerprint density at radius 2 is 1.93 bits per heavy atom. The average molecular weight is 214 g/mol. The lowest BCUT2D eigenvalue weighted by Crippen LogP contribution is -2.13. The Morgan fingerprint density at radius 1 is 1.20 bits per heavy atom. The van der Waals surface area contributed by atoms with E-state index < -0.39 is 17.7 Å². The normalized spacial score (nSPS) is 12.8. The van der Waals surface area contributed by atoms with Crippen LogP contribution in [0, 0.1) is 11.6 Å². The molecule has 0 saturated heterocycles. The summed E-state index contributed by atoms with van der Waals surface area (Å²) >= 11 is 0. The molecule has 1 aromatic rings. The van der Waals surface area contributed by atoms with E-state index in [1.807, 2.05) is 0 Å². The highest BCUT2D eigenvalue weighted by Gasteiger charge is 2.13. The minimum Gasteiger partial charge on any atom is -0.330 e. The molecule has 0 aliphatic heterocycles. The smallest absolute Gasteiger partial charge is 0.163 e. The van der Waals surface area contributed by atoms with Gasteiger partial charge in [0.15, 0.2) is 11.6 Å². The van der Waals surface area contributed by atoms with E-state index in [1.54, 1.807) is 0 Å².